The lowest BCUT2D eigenvalue weighted by Gasteiger charge is -2.34. The summed E-state index contributed by atoms with van der Waals surface area (Å²) in [5, 5.41) is 2.97. The number of hydrogen-bond acceptors (Lipinski definition) is 4. The number of carbonyl (C=O) groups is 2. The van der Waals surface area contributed by atoms with Crippen LogP contribution >= 0.6 is 0 Å². The number of benzene rings is 4. The van der Waals surface area contributed by atoms with Gasteiger partial charge < -0.3 is 10.2 Å². The Morgan fingerprint density at radius 1 is 0.795 bits per heavy atom. The molecule has 0 spiro atoms. The molecule has 1 atom stereocenters. The molecule has 0 unspecified atom stereocenters. The van der Waals surface area contributed by atoms with Gasteiger partial charge in [0.25, 0.3) is 10.0 Å². The van der Waals surface area contributed by atoms with Gasteiger partial charge in [-0.05, 0) is 60.4 Å². The first kappa shape index (κ1) is 32.4. The minimum absolute atomic E-state index is 0.00894. The molecule has 9 heteroatoms. The first-order chi connectivity index (χ1) is 21.0. The quantitative estimate of drug-likeness (QED) is 0.208. The van der Waals surface area contributed by atoms with Crippen LogP contribution in [-0.4, -0.2) is 44.3 Å². The molecule has 4 rings (SSSR count). The van der Waals surface area contributed by atoms with E-state index in [1.807, 2.05) is 81.4 Å². The molecule has 0 aliphatic rings. The maximum absolute atomic E-state index is 14.4. The zero-order valence-corrected chi connectivity index (χ0v) is 26.0. The summed E-state index contributed by atoms with van der Waals surface area (Å²) >= 11 is 0. The maximum Gasteiger partial charge on any atom is 0.264 e. The van der Waals surface area contributed by atoms with Crippen molar-refractivity contribution < 1.29 is 22.4 Å². The predicted molar refractivity (Wildman–Crippen MR) is 171 cm³/mol. The third-order valence-electron chi connectivity index (χ3n) is 7.15. The topological polar surface area (TPSA) is 86.8 Å². The van der Waals surface area contributed by atoms with Crippen molar-refractivity contribution in [2.24, 2.45) is 5.92 Å². The monoisotopic (exact) mass is 615 g/mol. The molecular weight excluding hydrogens is 577 g/mol. The largest absolute Gasteiger partial charge is 0.354 e. The molecule has 0 fully saturated rings. The molecule has 0 aliphatic heterocycles. The highest BCUT2D eigenvalue weighted by atomic mass is 32.2. The molecule has 4 aromatic rings. The average molecular weight is 616 g/mol. The summed E-state index contributed by atoms with van der Waals surface area (Å²) in [6.07, 6.45) is 0.227. The molecule has 0 saturated heterocycles. The van der Waals surface area contributed by atoms with E-state index in [1.54, 1.807) is 12.1 Å². The first-order valence-electron chi connectivity index (χ1n) is 14.5. The number of rotatable bonds is 13. The van der Waals surface area contributed by atoms with Crippen LogP contribution in [0.2, 0.25) is 0 Å². The molecule has 230 valence electrons. The van der Waals surface area contributed by atoms with Crippen molar-refractivity contribution in [3.63, 3.8) is 0 Å². The zero-order valence-electron chi connectivity index (χ0n) is 25.2. The third-order valence-corrected chi connectivity index (χ3v) is 8.94. The molecule has 0 aliphatic carbocycles. The van der Waals surface area contributed by atoms with Crippen LogP contribution in [0.4, 0.5) is 10.1 Å². The molecule has 2 amide bonds. The van der Waals surface area contributed by atoms with E-state index >= 15 is 0 Å². The number of hydrogen-bond donors (Lipinski definition) is 1. The Balaban J connectivity index is 1.78. The molecule has 1 N–H and O–H groups in total. The zero-order chi connectivity index (χ0) is 31.7. The summed E-state index contributed by atoms with van der Waals surface area (Å²) in [5.74, 6) is -1.26. The fourth-order valence-corrected chi connectivity index (χ4v) is 6.14. The van der Waals surface area contributed by atoms with Crippen LogP contribution < -0.4 is 9.62 Å². The van der Waals surface area contributed by atoms with E-state index in [2.05, 4.69) is 5.32 Å². The summed E-state index contributed by atoms with van der Waals surface area (Å²) in [6, 6.07) is 29.0. The van der Waals surface area contributed by atoms with Crippen molar-refractivity contribution in [1.82, 2.24) is 10.2 Å². The van der Waals surface area contributed by atoms with Crippen LogP contribution in [0.5, 0.6) is 0 Å². The van der Waals surface area contributed by atoms with E-state index in [9.17, 15) is 22.4 Å². The highest BCUT2D eigenvalue weighted by molar-refractivity contribution is 7.92. The fourth-order valence-electron chi connectivity index (χ4n) is 4.73. The van der Waals surface area contributed by atoms with Gasteiger partial charge in [-0.15, -0.1) is 0 Å². The number of nitrogens with zero attached hydrogens (tertiary/aromatic N) is 2. The second-order valence-corrected chi connectivity index (χ2v) is 13.0. The highest BCUT2D eigenvalue weighted by Gasteiger charge is 2.34. The SMILES string of the molecule is Cc1ccc(S(=O)(=O)N(CC(=O)N(Cc2ccccc2)[C@@H](Cc2ccccc2)C(=O)NCC(C)C)c2ccc(F)cc2)cc1. The van der Waals surface area contributed by atoms with Gasteiger partial charge in [0.1, 0.15) is 18.4 Å². The first-order valence-corrected chi connectivity index (χ1v) is 16.0. The molecule has 7 nitrogen and oxygen atoms in total. The Morgan fingerprint density at radius 3 is 1.93 bits per heavy atom. The standard InChI is InChI=1S/C35H38FN3O4S/c1-26(2)23-37-35(41)33(22-28-10-6-4-7-11-28)38(24-29-12-8-5-9-13-29)34(40)25-39(31-18-16-30(36)17-19-31)44(42,43)32-20-14-27(3)15-21-32/h4-21,26,33H,22-25H2,1-3H3,(H,37,41)/t33-/m0/s1. The van der Waals surface area contributed by atoms with Crippen LogP contribution in [0.15, 0.2) is 114 Å². The average Bonchev–Trinajstić information content (AvgIpc) is 3.02. The Hall–Kier alpha value is -4.50. The highest BCUT2D eigenvalue weighted by Crippen LogP contribution is 2.25. The van der Waals surface area contributed by atoms with E-state index in [4.69, 9.17) is 0 Å². The van der Waals surface area contributed by atoms with Crippen LogP contribution in [0.25, 0.3) is 0 Å². The van der Waals surface area contributed by atoms with Gasteiger partial charge in [-0.3, -0.25) is 13.9 Å². The summed E-state index contributed by atoms with van der Waals surface area (Å²) in [5.41, 5.74) is 2.64. The molecule has 0 bridgehead atoms. The van der Waals surface area contributed by atoms with Crippen LogP contribution in [0.3, 0.4) is 0 Å². The van der Waals surface area contributed by atoms with Gasteiger partial charge in [0.2, 0.25) is 11.8 Å². The molecule has 0 heterocycles. The van der Waals surface area contributed by atoms with Gasteiger partial charge >= 0.3 is 0 Å². The Morgan fingerprint density at radius 2 is 1.36 bits per heavy atom. The van der Waals surface area contributed by atoms with Gasteiger partial charge in [-0.1, -0.05) is 92.2 Å². The molecule has 44 heavy (non-hydrogen) atoms. The lowest BCUT2D eigenvalue weighted by molar-refractivity contribution is -0.140. The van der Waals surface area contributed by atoms with Crippen molar-refractivity contribution in [2.45, 2.75) is 44.7 Å². The van der Waals surface area contributed by atoms with Gasteiger partial charge in [0.15, 0.2) is 0 Å². The number of sulfonamides is 1. The summed E-state index contributed by atoms with van der Waals surface area (Å²) in [6.45, 7) is 5.70. The van der Waals surface area contributed by atoms with Crippen LogP contribution in [-0.2, 0) is 32.6 Å². The summed E-state index contributed by atoms with van der Waals surface area (Å²) < 4.78 is 42.9. The van der Waals surface area contributed by atoms with E-state index in [-0.39, 0.29) is 35.4 Å². The number of amides is 2. The van der Waals surface area contributed by atoms with Crippen molar-refractivity contribution in [3.05, 3.63) is 132 Å². The maximum atomic E-state index is 14.4. The Labute approximate surface area is 259 Å². The van der Waals surface area contributed by atoms with Gasteiger partial charge in [0, 0.05) is 19.5 Å². The van der Waals surface area contributed by atoms with E-state index in [1.165, 1.54) is 29.2 Å². The fraction of sp³-hybridized carbons (Fsp3) is 0.257. The second-order valence-electron chi connectivity index (χ2n) is 11.2. The van der Waals surface area contributed by atoms with Crippen molar-refractivity contribution in [2.75, 3.05) is 17.4 Å². The Kier molecular flexibility index (Phi) is 10.9. The second kappa shape index (κ2) is 14.8. The number of aryl methyl sites for hydroxylation is 1. The van der Waals surface area contributed by atoms with Gasteiger partial charge in [-0.2, -0.15) is 0 Å². The number of carbonyl (C=O) groups excluding carboxylic acids is 2. The van der Waals surface area contributed by atoms with Crippen LogP contribution in [0, 0.1) is 18.7 Å². The summed E-state index contributed by atoms with van der Waals surface area (Å²) in [7, 11) is -4.25. The summed E-state index contributed by atoms with van der Waals surface area (Å²) in [4.78, 5) is 29.6. The number of halogens is 1. The smallest absolute Gasteiger partial charge is 0.264 e. The normalized spacial score (nSPS) is 12.0. The van der Waals surface area contributed by atoms with Crippen molar-refractivity contribution in [3.8, 4) is 0 Å². The molecule has 4 aromatic carbocycles. The molecule has 0 radical (unpaired) electrons. The molecule has 0 aromatic heterocycles. The third kappa shape index (κ3) is 8.54. The number of anilines is 1. The van der Waals surface area contributed by atoms with E-state index < -0.39 is 34.3 Å². The van der Waals surface area contributed by atoms with Gasteiger partial charge in [0.05, 0.1) is 10.6 Å². The van der Waals surface area contributed by atoms with Gasteiger partial charge in [-0.25, -0.2) is 12.8 Å². The predicted octanol–water partition coefficient (Wildman–Crippen LogP) is 5.74. The molecular formula is C35H38FN3O4S. The minimum Gasteiger partial charge on any atom is -0.354 e. The molecule has 0 saturated carbocycles. The minimum atomic E-state index is -4.25. The van der Waals surface area contributed by atoms with E-state index in [0.29, 0.717) is 6.54 Å². The van der Waals surface area contributed by atoms with Crippen molar-refractivity contribution in [1.29, 1.82) is 0 Å². The van der Waals surface area contributed by atoms with Crippen molar-refractivity contribution >= 4 is 27.5 Å². The lowest BCUT2D eigenvalue weighted by Crippen LogP contribution is -2.53. The van der Waals surface area contributed by atoms with E-state index in [0.717, 1.165) is 33.1 Å². The van der Waals surface area contributed by atoms with Crippen LogP contribution in [0.1, 0.15) is 30.5 Å². The number of nitrogens with one attached hydrogen (secondary N) is 1. The lowest BCUT2D eigenvalue weighted by atomic mass is 10.0. The Bertz CT molecular complexity index is 1630.